The van der Waals surface area contributed by atoms with Gasteiger partial charge in [-0.15, -0.1) is 0 Å². The van der Waals surface area contributed by atoms with E-state index >= 15 is 0 Å². The van der Waals surface area contributed by atoms with Crippen molar-refractivity contribution in [3.8, 4) is 0 Å². The second-order valence-corrected chi connectivity index (χ2v) is 3.55. The lowest BCUT2D eigenvalue weighted by Crippen LogP contribution is -2.04. The molecule has 0 N–H and O–H groups in total. The van der Waals surface area contributed by atoms with Crippen molar-refractivity contribution in [3.63, 3.8) is 0 Å². The molecule has 0 aromatic carbocycles. The zero-order valence-corrected chi connectivity index (χ0v) is 9.24. The van der Waals surface area contributed by atoms with Crippen LogP contribution in [0.3, 0.4) is 0 Å². The van der Waals surface area contributed by atoms with Gasteiger partial charge in [0.15, 0.2) is 0 Å². The van der Waals surface area contributed by atoms with Crippen LogP contribution in [0.5, 0.6) is 0 Å². The fourth-order valence-electron chi connectivity index (χ4n) is 1.28. The fraction of sp³-hybridized carbons (Fsp3) is 0.462. The molecule has 0 heterocycles. The Bertz CT molecular complexity index is 285. The van der Waals surface area contributed by atoms with E-state index in [0.29, 0.717) is 13.0 Å². The van der Waals surface area contributed by atoms with Crippen LogP contribution in [0.25, 0.3) is 0 Å². The molecule has 0 fully saturated rings. The van der Waals surface area contributed by atoms with Crippen LogP contribution in [-0.4, -0.2) is 12.6 Å². The van der Waals surface area contributed by atoms with Crippen LogP contribution >= 0.6 is 0 Å². The molecular formula is C13H18O2. The Kier molecular flexibility index (Phi) is 5.52. The van der Waals surface area contributed by atoms with Gasteiger partial charge in [0.05, 0.1) is 13.0 Å². The van der Waals surface area contributed by atoms with Gasteiger partial charge in [-0.25, -0.2) is 0 Å². The van der Waals surface area contributed by atoms with E-state index in [2.05, 4.69) is 13.0 Å². The first-order valence-electron chi connectivity index (χ1n) is 5.50. The summed E-state index contributed by atoms with van der Waals surface area (Å²) in [6.45, 7) is 2.63. The maximum Gasteiger partial charge on any atom is 0.309 e. The molecule has 1 aliphatic rings. The number of carbonyl (C=O) groups is 1. The number of carbonyl (C=O) groups excluding carboxylic acids is 1. The highest BCUT2D eigenvalue weighted by Crippen LogP contribution is 2.10. The summed E-state index contributed by atoms with van der Waals surface area (Å²) in [6.07, 6.45) is 13.3. The lowest BCUT2D eigenvalue weighted by atomic mass is 10.1. The van der Waals surface area contributed by atoms with Gasteiger partial charge >= 0.3 is 5.97 Å². The van der Waals surface area contributed by atoms with E-state index in [0.717, 1.165) is 19.3 Å². The smallest absolute Gasteiger partial charge is 0.309 e. The number of unbranched alkanes of at least 4 members (excludes halogenated alkanes) is 1. The number of rotatable bonds is 5. The van der Waals surface area contributed by atoms with Crippen molar-refractivity contribution < 1.29 is 9.53 Å². The summed E-state index contributed by atoms with van der Waals surface area (Å²) in [5.41, 5.74) is 1.19. The Morgan fingerprint density at radius 2 is 2.40 bits per heavy atom. The molecular weight excluding hydrogens is 188 g/mol. The van der Waals surface area contributed by atoms with Crippen molar-refractivity contribution in [2.24, 2.45) is 0 Å². The lowest BCUT2D eigenvalue weighted by molar-refractivity contribution is -0.142. The van der Waals surface area contributed by atoms with Crippen LogP contribution < -0.4 is 0 Å². The summed E-state index contributed by atoms with van der Waals surface area (Å²) < 4.78 is 5.05. The van der Waals surface area contributed by atoms with Crippen molar-refractivity contribution in [2.45, 2.75) is 32.6 Å². The molecule has 15 heavy (non-hydrogen) atoms. The Labute approximate surface area is 91.3 Å². The number of esters is 1. The van der Waals surface area contributed by atoms with E-state index in [4.69, 9.17) is 4.74 Å². The predicted octanol–water partition coefficient (Wildman–Crippen LogP) is 3.16. The molecule has 0 bridgehead atoms. The minimum absolute atomic E-state index is 0.126. The van der Waals surface area contributed by atoms with Gasteiger partial charge in [-0.3, -0.25) is 4.79 Å². The van der Waals surface area contributed by atoms with E-state index in [1.807, 2.05) is 24.3 Å². The second kappa shape index (κ2) is 7.04. The number of hydrogen-bond acceptors (Lipinski definition) is 2. The maximum atomic E-state index is 11.3. The highest BCUT2D eigenvalue weighted by atomic mass is 16.5. The van der Waals surface area contributed by atoms with Crippen LogP contribution in [-0.2, 0) is 9.53 Å². The SMILES string of the molecule is CCCCOC(=O)CC=C1C=CC=CC1. The van der Waals surface area contributed by atoms with Crippen LogP contribution in [0.4, 0.5) is 0 Å². The molecule has 2 nitrogen and oxygen atoms in total. The lowest BCUT2D eigenvalue weighted by Gasteiger charge is -2.03. The van der Waals surface area contributed by atoms with E-state index in [9.17, 15) is 4.79 Å². The number of hydrogen-bond donors (Lipinski definition) is 0. The largest absolute Gasteiger partial charge is 0.465 e. The molecule has 2 heteroatoms. The summed E-state index contributed by atoms with van der Waals surface area (Å²) in [5, 5.41) is 0. The number of allylic oxidation sites excluding steroid dienone is 5. The molecule has 0 unspecified atom stereocenters. The molecule has 0 aromatic rings. The topological polar surface area (TPSA) is 26.3 Å². The monoisotopic (exact) mass is 206 g/mol. The third-order valence-corrected chi connectivity index (χ3v) is 2.20. The zero-order chi connectivity index (χ0) is 10.9. The third-order valence-electron chi connectivity index (χ3n) is 2.20. The number of ether oxygens (including phenoxy) is 1. The average Bonchev–Trinajstić information content (AvgIpc) is 2.28. The van der Waals surface area contributed by atoms with Gasteiger partial charge in [-0.1, -0.05) is 43.7 Å². The zero-order valence-electron chi connectivity index (χ0n) is 9.24. The summed E-state index contributed by atoms with van der Waals surface area (Å²) >= 11 is 0. The molecule has 0 radical (unpaired) electrons. The Morgan fingerprint density at radius 1 is 1.53 bits per heavy atom. The Balaban J connectivity index is 2.21. The summed E-state index contributed by atoms with van der Waals surface area (Å²) in [7, 11) is 0. The van der Waals surface area contributed by atoms with Crippen LogP contribution in [0.15, 0.2) is 36.0 Å². The Morgan fingerprint density at radius 3 is 3.07 bits per heavy atom. The van der Waals surface area contributed by atoms with Gasteiger partial charge in [0.2, 0.25) is 0 Å². The highest BCUT2D eigenvalue weighted by Gasteiger charge is 2.00. The van der Waals surface area contributed by atoms with Crippen molar-refractivity contribution in [1.29, 1.82) is 0 Å². The molecule has 0 spiro atoms. The predicted molar refractivity (Wildman–Crippen MR) is 61.5 cm³/mol. The summed E-state index contributed by atoms with van der Waals surface area (Å²) in [6, 6.07) is 0. The molecule has 1 aliphatic carbocycles. The van der Waals surface area contributed by atoms with E-state index in [1.165, 1.54) is 5.57 Å². The van der Waals surface area contributed by atoms with Gasteiger partial charge in [0.25, 0.3) is 0 Å². The van der Waals surface area contributed by atoms with Crippen molar-refractivity contribution >= 4 is 5.97 Å². The first-order chi connectivity index (χ1) is 7.33. The van der Waals surface area contributed by atoms with Crippen molar-refractivity contribution in [1.82, 2.24) is 0 Å². The first kappa shape index (κ1) is 11.8. The highest BCUT2D eigenvalue weighted by molar-refractivity contribution is 5.71. The average molecular weight is 206 g/mol. The van der Waals surface area contributed by atoms with Crippen molar-refractivity contribution in [2.75, 3.05) is 6.61 Å². The summed E-state index contributed by atoms with van der Waals surface area (Å²) in [4.78, 5) is 11.3. The van der Waals surface area contributed by atoms with Crippen LogP contribution in [0.1, 0.15) is 32.6 Å². The minimum atomic E-state index is -0.126. The molecule has 0 aromatic heterocycles. The van der Waals surface area contributed by atoms with Crippen LogP contribution in [0.2, 0.25) is 0 Å². The fourth-order valence-corrected chi connectivity index (χ4v) is 1.28. The molecule has 0 saturated carbocycles. The Hall–Kier alpha value is -1.31. The quantitative estimate of drug-likeness (QED) is 0.510. The molecule has 0 aliphatic heterocycles. The van der Waals surface area contributed by atoms with Crippen molar-refractivity contribution in [3.05, 3.63) is 36.0 Å². The van der Waals surface area contributed by atoms with Crippen LogP contribution in [0, 0.1) is 0 Å². The normalized spacial score (nSPS) is 17.0. The second-order valence-electron chi connectivity index (χ2n) is 3.55. The minimum Gasteiger partial charge on any atom is -0.465 e. The van der Waals surface area contributed by atoms with Gasteiger partial charge < -0.3 is 4.74 Å². The molecule has 1 rings (SSSR count). The molecule has 0 amide bonds. The summed E-state index contributed by atoms with van der Waals surface area (Å²) in [5.74, 6) is -0.126. The van der Waals surface area contributed by atoms with E-state index in [1.54, 1.807) is 0 Å². The van der Waals surface area contributed by atoms with Gasteiger partial charge in [-0.05, 0) is 18.4 Å². The van der Waals surface area contributed by atoms with E-state index in [-0.39, 0.29) is 5.97 Å². The molecule has 82 valence electrons. The standard InChI is InChI=1S/C13H18O2/c1-2-3-11-15-13(14)10-9-12-7-5-4-6-8-12/h4-7,9H,2-3,8,10-11H2,1H3. The van der Waals surface area contributed by atoms with Gasteiger partial charge in [0.1, 0.15) is 0 Å². The molecule has 0 saturated heterocycles. The van der Waals surface area contributed by atoms with Gasteiger partial charge in [-0.2, -0.15) is 0 Å². The maximum absolute atomic E-state index is 11.3. The van der Waals surface area contributed by atoms with E-state index < -0.39 is 0 Å². The molecule has 0 atom stereocenters. The van der Waals surface area contributed by atoms with Gasteiger partial charge in [0, 0.05) is 0 Å². The first-order valence-corrected chi connectivity index (χ1v) is 5.50. The third kappa shape index (κ3) is 5.21.